The van der Waals surface area contributed by atoms with Gasteiger partial charge in [-0.2, -0.15) is 5.26 Å². The number of rotatable bonds is 3. The van der Waals surface area contributed by atoms with Gasteiger partial charge in [-0.3, -0.25) is 4.79 Å². The maximum atomic E-state index is 13.1. The molecule has 0 unspecified atom stereocenters. The van der Waals surface area contributed by atoms with Crippen molar-refractivity contribution in [1.29, 1.82) is 5.26 Å². The van der Waals surface area contributed by atoms with E-state index in [1.807, 2.05) is 30.3 Å². The van der Waals surface area contributed by atoms with E-state index in [1.54, 1.807) is 16.7 Å². The van der Waals surface area contributed by atoms with Gasteiger partial charge in [0.25, 0.3) is 5.56 Å². The molecule has 0 saturated carbocycles. The summed E-state index contributed by atoms with van der Waals surface area (Å²) in [5.74, 6) is -0.0138. The Hall–Kier alpha value is -2.93. The van der Waals surface area contributed by atoms with E-state index in [0.29, 0.717) is 18.0 Å². The van der Waals surface area contributed by atoms with E-state index in [-0.39, 0.29) is 16.9 Å². The zero-order chi connectivity index (χ0) is 17.3. The van der Waals surface area contributed by atoms with Gasteiger partial charge in [0.05, 0.1) is 12.2 Å². The number of benzene rings is 1. The first-order valence-corrected chi connectivity index (χ1v) is 7.82. The average molecular weight is 320 g/mol. The minimum atomic E-state index is -0.315. The van der Waals surface area contributed by atoms with Crippen LogP contribution in [0.2, 0.25) is 0 Å². The average Bonchev–Trinajstić information content (AvgIpc) is 2.71. The Kier molecular flexibility index (Phi) is 4.18. The Balaban J connectivity index is 2.21. The number of fused-ring (bicyclic) bond motifs is 1. The van der Waals surface area contributed by atoms with Crippen molar-refractivity contribution in [2.75, 3.05) is 0 Å². The molecule has 3 rings (SSSR count). The highest BCUT2D eigenvalue weighted by Gasteiger charge is 2.20. The van der Waals surface area contributed by atoms with Crippen LogP contribution in [0.25, 0.3) is 11.3 Å². The number of nitriles is 1. The molecule has 1 heterocycles. The van der Waals surface area contributed by atoms with Gasteiger partial charge in [0.15, 0.2) is 0 Å². The van der Waals surface area contributed by atoms with E-state index in [4.69, 9.17) is 0 Å². The normalized spacial score (nSPS) is 11.0. The third-order valence-corrected chi connectivity index (χ3v) is 4.18. The van der Waals surface area contributed by atoms with Crippen molar-refractivity contribution >= 4 is 0 Å². The highest BCUT2D eigenvalue weighted by Crippen LogP contribution is 2.27. The number of nitrogens with zero attached hydrogens (tertiary/aromatic N) is 2. The lowest BCUT2D eigenvalue weighted by molar-refractivity contribution is 0.626. The fourth-order valence-electron chi connectivity index (χ4n) is 2.82. The van der Waals surface area contributed by atoms with Crippen molar-refractivity contribution in [2.45, 2.75) is 26.3 Å². The second-order valence-electron chi connectivity index (χ2n) is 6.13. The van der Waals surface area contributed by atoms with Gasteiger partial charge in [-0.1, -0.05) is 44.2 Å². The van der Waals surface area contributed by atoms with Gasteiger partial charge in [0, 0.05) is 5.56 Å². The van der Waals surface area contributed by atoms with Crippen LogP contribution in [0, 0.1) is 17.1 Å². The van der Waals surface area contributed by atoms with Crippen LogP contribution >= 0.6 is 0 Å². The van der Waals surface area contributed by atoms with Gasteiger partial charge in [-0.05, 0) is 35.2 Å². The summed E-state index contributed by atoms with van der Waals surface area (Å²) in [5, 5.41) is 9.38. The van der Waals surface area contributed by atoms with Crippen molar-refractivity contribution in [3.63, 3.8) is 0 Å². The Morgan fingerprint density at radius 3 is 2.50 bits per heavy atom. The zero-order valence-corrected chi connectivity index (χ0v) is 13.6. The maximum absolute atomic E-state index is 13.1. The second kappa shape index (κ2) is 6.29. The summed E-state index contributed by atoms with van der Waals surface area (Å²) in [7, 11) is 0. The number of aromatic nitrogens is 1. The Morgan fingerprint density at radius 2 is 1.88 bits per heavy atom. The molecule has 24 heavy (non-hydrogen) atoms. The molecule has 0 fully saturated rings. The largest absolute Gasteiger partial charge is 0.303 e. The molecule has 0 spiro atoms. The van der Waals surface area contributed by atoms with Crippen molar-refractivity contribution < 1.29 is 4.39 Å². The molecule has 1 aliphatic carbocycles. The van der Waals surface area contributed by atoms with Gasteiger partial charge in [0.1, 0.15) is 17.4 Å². The molecular weight excluding hydrogens is 303 g/mol. The lowest BCUT2D eigenvalue weighted by Gasteiger charge is -2.08. The van der Waals surface area contributed by atoms with Crippen LogP contribution in [0.4, 0.5) is 4.39 Å². The fourth-order valence-corrected chi connectivity index (χ4v) is 2.82. The van der Waals surface area contributed by atoms with Gasteiger partial charge >= 0.3 is 0 Å². The van der Waals surface area contributed by atoms with E-state index in [0.717, 1.165) is 16.8 Å². The SMILES string of the molecule is CC(C)c1cccc2c(C#N)c(=O)n(Cc3ccc(F)cc3)c-2c1. The summed E-state index contributed by atoms with van der Waals surface area (Å²) >= 11 is 0. The van der Waals surface area contributed by atoms with E-state index in [9.17, 15) is 14.4 Å². The summed E-state index contributed by atoms with van der Waals surface area (Å²) in [4.78, 5) is 12.6. The van der Waals surface area contributed by atoms with Gasteiger partial charge in [-0.25, -0.2) is 4.39 Å². The smallest absolute Gasteiger partial charge is 0.269 e. The number of hydrogen-bond donors (Lipinski definition) is 0. The summed E-state index contributed by atoms with van der Waals surface area (Å²) in [6, 6.07) is 15.7. The molecule has 1 aromatic rings. The van der Waals surface area contributed by atoms with Crippen LogP contribution < -0.4 is 5.56 Å². The van der Waals surface area contributed by atoms with Crippen LogP contribution in [0.3, 0.4) is 0 Å². The Labute approximate surface area is 139 Å². The van der Waals surface area contributed by atoms with Crippen LogP contribution in [0.15, 0.2) is 53.3 Å². The lowest BCUT2D eigenvalue weighted by atomic mass is 10.0. The van der Waals surface area contributed by atoms with Crippen molar-refractivity contribution in [1.82, 2.24) is 4.57 Å². The molecular formula is C20H17FN2O. The Morgan fingerprint density at radius 1 is 1.17 bits per heavy atom. The number of halogens is 1. The summed E-state index contributed by atoms with van der Waals surface area (Å²) in [6.07, 6.45) is 0. The molecule has 0 saturated heterocycles. The van der Waals surface area contributed by atoms with Crippen molar-refractivity contribution in [3.05, 3.63) is 81.4 Å². The van der Waals surface area contributed by atoms with Crippen LogP contribution in [-0.2, 0) is 6.54 Å². The highest BCUT2D eigenvalue weighted by atomic mass is 19.1. The minimum Gasteiger partial charge on any atom is -0.303 e. The molecule has 1 aromatic carbocycles. The van der Waals surface area contributed by atoms with Crippen LogP contribution in [0.5, 0.6) is 0 Å². The molecule has 0 amide bonds. The van der Waals surface area contributed by atoms with Crippen LogP contribution in [0.1, 0.15) is 36.5 Å². The van der Waals surface area contributed by atoms with Crippen molar-refractivity contribution in [2.24, 2.45) is 0 Å². The van der Waals surface area contributed by atoms with Gasteiger partial charge in [0.2, 0.25) is 0 Å². The monoisotopic (exact) mass is 320 g/mol. The number of hydrogen-bond acceptors (Lipinski definition) is 2. The van der Waals surface area contributed by atoms with E-state index in [1.165, 1.54) is 12.1 Å². The first-order valence-electron chi connectivity index (χ1n) is 7.82. The van der Waals surface area contributed by atoms with Gasteiger partial charge < -0.3 is 4.57 Å². The summed E-state index contributed by atoms with van der Waals surface area (Å²) in [6.45, 7) is 4.47. The standard InChI is InChI=1S/C20H17FN2O/c1-13(2)15-4-3-5-17-18(11-22)20(24)23(19(17)10-15)12-14-6-8-16(21)9-7-14/h3-10,13H,12H2,1-2H3. The van der Waals surface area contributed by atoms with Crippen molar-refractivity contribution in [3.8, 4) is 17.3 Å². The molecule has 0 bridgehead atoms. The van der Waals surface area contributed by atoms with Gasteiger partial charge in [-0.15, -0.1) is 0 Å². The second-order valence-corrected chi connectivity index (χ2v) is 6.13. The topological polar surface area (TPSA) is 45.8 Å². The highest BCUT2D eigenvalue weighted by molar-refractivity contribution is 5.70. The first kappa shape index (κ1) is 15.9. The minimum absolute atomic E-state index is 0.151. The molecule has 120 valence electrons. The lowest BCUT2D eigenvalue weighted by Crippen LogP contribution is -2.17. The van der Waals surface area contributed by atoms with E-state index >= 15 is 0 Å². The van der Waals surface area contributed by atoms with E-state index in [2.05, 4.69) is 13.8 Å². The molecule has 2 aliphatic rings. The van der Waals surface area contributed by atoms with Crippen LogP contribution in [-0.4, -0.2) is 4.57 Å². The predicted octanol–water partition coefficient (Wildman–Crippen LogP) is 4.14. The predicted molar refractivity (Wildman–Crippen MR) is 91.6 cm³/mol. The molecule has 3 nitrogen and oxygen atoms in total. The third kappa shape index (κ3) is 2.81. The first-order chi connectivity index (χ1) is 11.5. The fraction of sp³-hybridized carbons (Fsp3) is 0.200. The quantitative estimate of drug-likeness (QED) is 0.728. The molecule has 1 aliphatic heterocycles. The molecule has 4 heteroatoms. The molecule has 0 aromatic heterocycles. The molecule has 0 atom stereocenters. The summed E-state index contributed by atoms with van der Waals surface area (Å²) < 4.78 is 14.7. The summed E-state index contributed by atoms with van der Waals surface area (Å²) in [5.41, 5.74) is 3.13. The zero-order valence-electron chi connectivity index (χ0n) is 13.6. The third-order valence-electron chi connectivity index (χ3n) is 4.18. The molecule has 0 radical (unpaired) electrons. The Bertz CT molecular complexity index is 949. The molecule has 0 N–H and O–H groups in total. The maximum Gasteiger partial charge on any atom is 0.269 e. The van der Waals surface area contributed by atoms with E-state index < -0.39 is 0 Å².